The Hall–Kier alpha value is -0.800. The molecule has 3 heteroatoms. The van der Waals surface area contributed by atoms with Crippen LogP contribution < -0.4 is 5.32 Å². The second-order valence-corrected chi connectivity index (χ2v) is 5.54. The van der Waals surface area contributed by atoms with Crippen LogP contribution in [0.15, 0.2) is 23.0 Å². The summed E-state index contributed by atoms with van der Waals surface area (Å²) in [6, 6.07) is 2.10. The summed E-state index contributed by atoms with van der Waals surface area (Å²) in [7, 11) is 1.75. The van der Waals surface area contributed by atoms with Crippen molar-refractivity contribution in [1.29, 1.82) is 0 Å². The minimum Gasteiger partial charge on any atom is -0.472 e. The van der Waals surface area contributed by atoms with E-state index in [4.69, 9.17) is 9.15 Å². The van der Waals surface area contributed by atoms with Gasteiger partial charge in [0, 0.05) is 20.2 Å². The molecule has 0 bridgehead atoms. The lowest BCUT2D eigenvalue weighted by Gasteiger charge is -2.37. The van der Waals surface area contributed by atoms with Gasteiger partial charge in [0.25, 0.3) is 0 Å². The first kappa shape index (κ1) is 13.6. The lowest BCUT2D eigenvalue weighted by Crippen LogP contribution is -2.39. The first-order valence-electron chi connectivity index (χ1n) is 7.05. The molecular weight excluding hydrogens is 226 g/mol. The average molecular weight is 251 g/mol. The maximum Gasteiger partial charge on any atom is 0.0934 e. The van der Waals surface area contributed by atoms with Crippen LogP contribution in [0.4, 0.5) is 0 Å². The summed E-state index contributed by atoms with van der Waals surface area (Å²) in [5.74, 6) is 0. The normalized spacial score (nSPS) is 18.9. The Bertz CT molecular complexity index is 315. The molecule has 0 spiro atoms. The van der Waals surface area contributed by atoms with Crippen molar-refractivity contribution in [1.82, 2.24) is 5.32 Å². The lowest BCUT2D eigenvalue weighted by atomic mass is 9.70. The summed E-state index contributed by atoms with van der Waals surface area (Å²) >= 11 is 0. The molecule has 1 aromatic rings. The maximum absolute atomic E-state index is 5.20. The number of rotatable bonds is 7. The van der Waals surface area contributed by atoms with Gasteiger partial charge in [0.2, 0.25) is 0 Å². The summed E-state index contributed by atoms with van der Waals surface area (Å²) < 4.78 is 10.3. The van der Waals surface area contributed by atoms with Gasteiger partial charge in [0.15, 0.2) is 0 Å². The van der Waals surface area contributed by atoms with Gasteiger partial charge in [-0.3, -0.25) is 0 Å². The van der Waals surface area contributed by atoms with E-state index >= 15 is 0 Å². The second-order valence-electron chi connectivity index (χ2n) is 5.54. The Balaban J connectivity index is 1.89. The van der Waals surface area contributed by atoms with E-state index in [1.165, 1.54) is 37.7 Å². The van der Waals surface area contributed by atoms with Crippen molar-refractivity contribution in [2.75, 3.05) is 26.8 Å². The third-order valence-electron chi connectivity index (χ3n) is 4.06. The van der Waals surface area contributed by atoms with Gasteiger partial charge in [0.05, 0.1) is 19.1 Å². The van der Waals surface area contributed by atoms with Crippen LogP contribution in [0.25, 0.3) is 0 Å². The smallest absolute Gasteiger partial charge is 0.0934 e. The van der Waals surface area contributed by atoms with E-state index < -0.39 is 0 Å². The molecule has 0 aliphatic heterocycles. The molecule has 0 saturated heterocycles. The number of ether oxygens (including phenoxy) is 1. The minimum atomic E-state index is 0.426. The summed E-state index contributed by atoms with van der Waals surface area (Å²) in [4.78, 5) is 0. The van der Waals surface area contributed by atoms with Gasteiger partial charge in [-0.25, -0.2) is 0 Å². The largest absolute Gasteiger partial charge is 0.472 e. The van der Waals surface area contributed by atoms with Crippen LogP contribution >= 0.6 is 0 Å². The van der Waals surface area contributed by atoms with Gasteiger partial charge in [-0.2, -0.15) is 0 Å². The van der Waals surface area contributed by atoms with Crippen molar-refractivity contribution < 1.29 is 9.15 Å². The molecule has 0 atom stereocenters. The van der Waals surface area contributed by atoms with Crippen LogP contribution in [0.1, 0.15) is 37.7 Å². The van der Waals surface area contributed by atoms with E-state index in [1.807, 2.05) is 6.26 Å². The van der Waals surface area contributed by atoms with Crippen molar-refractivity contribution in [2.24, 2.45) is 5.41 Å². The highest BCUT2D eigenvalue weighted by Gasteiger charge is 2.32. The number of methoxy groups -OCH3 is 1. The average Bonchev–Trinajstić information content (AvgIpc) is 2.89. The summed E-state index contributed by atoms with van der Waals surface area (Å²) in [5, 5.41) is 3.55. The predicted octanol–water partition coefficient (Wildman–Crippen LogP) is 3.01. The standard InChI is InChI=1S/C15H25NO2/c1-17-10-8-16-13-15(6-3-2-4-7-15)11-14-5-9-18-12-14/h5,9,12,16H,2-4,6-8,10-11,13H2,1H3. The summed E-state index contributed by atoms with van der Waals surface area (Å²) in [6.45, 7) is 2.84. The Morgan fingerprint density at radius 1 is 1.33 bits per heavy atom. The maximum atomic E-state index is 5.20. The third kappa shape index (κ3) is 3.85. The van der Waals surface area contributed by atoms with Crippen molar-refractivity contribution in [3.8, 4) is 0 Å². The van der Waals surface area contributed by atoms with Gasteiger partial charge in [-0.1, -0.05) is 19.3 Å². The van der Waals surface area contributed by atoms with Gasteiger partial charge < -0.3 is 14.5 Å². The third-order valence-corrected chi connectivity index (χ3v) is 4.06. The molecule has 0 amide bonds. The molecular formula is C15H25NO2. The quantitative estimate of drug-likeness (QED) is 0.756. The van der Waals surface area contributed by atoms with Crippen LogP contribution in [-0.4, -0.2) is 26.8 Å². The van der Waals surface area contributed by atoms with E-state index in [9.17, 15) is 0 Å². The highest BCUT2D eigenvalue weighted by Crippen LogP contribution is 2.38. The second kappa shape index (κ2) is 6.95. The van der Waals surface area contributed by atoms with E-state index in [1.54, 1.807) is 13.4 Å². The van der Waals surface area contributed by atoms with Crippen LogP contribution in [0.2, 0.25) is 0 Å². The highest BCUT2D eigenvalue weighted by molar-refractivity contribution is 5.09. The fourth-order valence-electron chi connectivity index (χ4n) is 3.07. The highest BCUT2D eigenvalue weighted by atomic mass is 16.5. The molecule has 1 aliphatic rings. The summed E-state index contributed by atoms with van der Waals surface area (Å²) in [5.41, 5.74) is 1.76. The molecule has 18 heavy (non-hydrogen) atoms. The topological polar surface area (TPSA) is 34.4 Å². The number of nitrogens with one attached hydrogen (secondary N) is 1. The monoisotopic (exact) mass is 251 g/mol. The molecule has 1 aliphatic carbocycles. The zero-order valence-corrected chi connectivity index (χ0v) is 11.4. The molecule has 1 saturated carbocycles. The van der Waals surface area contributed by atoms with E-state index in [0.29, 0.717) is 5.41 Å². The van der Waals surface area contributed by atoms with Gasteiger partial charge >= 0.3 is 0 Å². The Kier molecular flexibility index (Phi) is 5.26. The molecule has 102 valence electrons. The first-order chi connectivity index (χ1) is 8.85. The minimum absolute atomic E-state index is 0.426. The SMILES string of the molecule is COCCNCC1(Cc2ccoc2)CCCCC1. The van der Waals surface area contributed by atoms with Crippen molar-refractivity contribution in [3.05, 3.63) is 24.2 Å². The van der Waals surface area contributed by atoms with Gasteiger partial charge in [0.1, 0.15) is 0 Å². The molecule has 0 radical (unpaired) electrons. The Morgan fingerprint density at radius 2 is 2.17 bits per heavy atom. The number of furan rings is 1. The van der Waals surface area contributed by atoms with E-state index in [2.05, 4.69) is 11.4 Å². The number of hydrogen-bond donors (Lipinski definition) is 1. The summed E-state index contributed by atoms with van der Waals surface area (Å²) in [6.07, 6.45) is 11.6. The van der Waals surface area contributed by atoms with Crippen LogP contribution in [0.5, 0.6) is 0 Å². The van der Waals surface area contributed by atoms with E-state index in [0.717, 1.165) is 26.1 Å². The van der Waals surface area contributed by atoms with Crippen molar-refractivity contribution in [2.45, 2.75) is 38.5 Å². The van der Waals surface area contributed by atoms with Crippen molar-refractivity contribution in [3.63, 3.8) is 0 Å². The molecule has 3 nitrogen and oxygen atoms in total. The van der Waals surface area contributed by atoms with Crippen LogP contribution in [-0.2, 0) is 11.2 Å². The first-order valence-corrected chi connectivity index (χ1v) is 7.05. The zero-order chi connectivity index (χ0) is 12.7. The van der Waals surface area contributed by atoms with Crippen LogP contribution in [0, 0.1) is 5.41 Å². The Morgan fingerprint density at radius 3 is 2.83 bits per heavy atom. The van der Waals surface area contributed by atoms with Crippen LogP contribution in [0.3, 0.4) is 0 Å². The van der Waals surface area contributed by atoms with E-state index in [-0.39, 0.29) is 0 Å². The Labute approximate surface area is 110 Å². The molecule has 1 N–H and O–H groups in total. The van der Waals surface area contributed by atoms with Gasteiger partial charge in [-0.15, -0.1) is 0 Å². The molecule has 2 rings (SSSR count). The molecule has 0 unspecified atom stereocenters. The lowest BCUT2D eigenvalue weighted by molar-refractivity contribution is 0.162. The number of hydrogen-bond acceptors (Lipinski definition) is 3. The molecule has 0 aromatic carbocycles. The fraction of sp³-hybridized carbons (Fsp3) is 0.733. The molecule has 1 aromatic heterocycles. The van der Waals surface area contributed by atoms with Gasteiger partial charge in [-0.05, 0) is 36.3 Å². The molecule has 1 heterocycles. The molecule has 1 fully saturated rings. The fourth-order valence-corrected chi connectivity index (χ4v) is 3.07. The zero-order valence-electron chi connectivity index (χ0n) is 11.4. The van der Waals surface area contributed by atoms with Crippen molar-refractivity contribution >= 4 is 0 Å². The predicted molar refractivity (Wildman–Crippen MR) is 72.7 cm³/mol.